The van der Waals surface area contributed by atoms with E-state index >= 15 is 0 Å². The van der Waals surface area contributed by atoms with E-state index in [1.165, 1.54) is 6.07 Å². The van der Waals surface area contributed by atoms with Crippen molar-refractivity contribution < 1.29 is 18.7 Å². The second kappa shape index (κ2) is 8.26. The van der Waals surface area contributed by atoms with Crippen LogP contribution in [0.1, 0.15) is 54.6 Å². The molecular formula is C24H29FN2O3. The van der Waals surface area contributed by atoms with Gasteiger partial charge >= 0.3 is 0 Å². The highest BCUT2D eigenvalue weighted by Gasteiger charge is 2.40. The number of fused-ring (bicyclic) bond motifs is 1. The Morgan fingerprint density at radius 3 is 2.67 bits per heavy atom. The maximum atomic E-state index is 13.5. The number of ether oxygens (including phenoxy) is 2. The summed E-state index contributed by atoms with van der Waals surface area (Å²) in [5, 5.41) is 0. The number of amides is 1. The molecule has 6 heteroatoms. The van der Waals surface area contributed by atoms with E-state index in [0.29, 0.717) is 25.2 Å². The van der Waals surface area contributed by atoms with Gasteiger partial charge in [-0.1, -0.05) is 0 Å². The number of likely N-dealkylation sites (tertiary alicyclic amines) is 1. The van der Waals surface area contributed by atoms with Crippen LogP contribution in [-0.4, -0.2) is 35.6 Å². The second-order valence-electron chi connectivity index (χ2n) is 8.52. The molecule has 2 heterocycles. The number of carbonyl (C=O) groups excluding carboxylic acids is 1. The average Bonchev–Trinajstić information content (AvgIpc) is 2.74. The van der Waals surface area contributed by atoms with Gasteiger partial charge < -0.3 is 20.1 Å². The fourth-order valence-electron chi connectivity index (χ4n) is 4.38. The molecule has 2 aliphatic heterocycles. The van der Waals surface area contributed by atoms with E-state index in [2.05, 4.69) is 0 Å². The summed E-state index contributed by atoms with van der Waals surface area (Å²) >= 11 is 0. The summed E-state index contributed by atoms with van der Waals surface area (Å²) in [5.74, 6) is 1.28. The van der Waals surface area contributed by atoms with Crippen LogP contribution in [0.4, 0.5) is 4.39 Å². The number of halogens is 1. The Labute approximate surface area is 177 Å². The summed E-state index contributed by atoms with van der Waals surface area (Å²) in [6.07, 6.45) is 3.25. The molecule has 2 aromatic carbocycles. The third-order valence-electron chi connectivity index (χ3n) is 6.05. The quantitative estimate of drug-likeness (QED) is 0.822. The zero-order valence-corrected chi connectivity index (χ0v) is 17.6. The number of hydrogen-bond donors (Lipinski definition) is 1. The number of benzene rings is 2. The Balaban J connectivity index is 1.43. The molecule has 1 spiro atoms. The van der Waals surface area contributed by atoms with Crippen molar-refractivity contribution in [2.45, 2.75) is 57.8 Å². The van der Waals surface area contributed by atoms with Crippen LogP contribution in [0.2, 0.25) is 0 Å². The molecule has 0 aromatic heterocycles. The van der Waals surface area contributed by atoms with Gasteiger partial charge in [0.15, 0.2) is 0 Å². The lowest BCUT2D eigenvalue weighted by Crippen LogP contribution is -2.51. The molecule has 30 heavy (non-hydrogen) atoms. The molecule has 2 N–H and O–H groups in total. The Kier molecular flexibility index (Phi) is 5.69. The Hall–Kier alpha value is -2.60. The molecule has 4 rings (SSSR count). The molecule has 0 aliphatic carbocycles. The summed E-state index contributed by atoms with van der Waals surface area (Å²) in [5.41, 5.74) is 8.00. The van der Waals surface area contributed by atoms with Crippen LogP contribution < -0.4 is 15.2 Å². The summed E-state index contributed by atoms with van der Waals surface area (Å²) in [7, 11) is 0. The first kappa shape index (κ1) is 20.7. The normalized spacial score (nSPS) is 17.6. The number of rotatable bonds is 4. The van der Waals surface area contributed by atoms with E-state index in [1.54, 1.807) is 12.1 Å². The molecule has 0 bridgehead atoms. The Morgan fingerprint density at radius 1 is 1.20 bits per heavy atom. The van der Waals surface area contributed by atoms with Crippen LogP contribution in [0, 0.1) is 5.82 Å². The van der Waals surface area contributed by atoms with Gasteiger partial charge in [0.05, 0.1) is 6.10 Å². The Bertz CT molecular complexity index is 936. The maximum absolute atomic E-state index is 13.5. The van der Waals surface area contributed by atoms with Crippen molar-refractivity contribution in [1.29, 1.82) is 0 Å². The third-order valence-corrected chi connectivity index (χ3v) is 6.05. The van der Waals surface area contributed by atoms with Crippen molar-refractivity contribution in [1.82, 2.24) is 4.90 Å². The zero-order valence-electron chi connectivity index (χ0n) is 17.6. The van der Waals surface area contributed by atoms with Crippen molar-refractivity contribution in [2.75, 3.05) is 13.1 Å². The van der Waals surface area contributed by atoms with Gasteiger partial charge in [0, 0.05) is 43.6 Å². The first-order valence-corrected chi connectivity index (χ1v) is 10.7. The molecule has 1 fully saturated rings. The van der Waals surface area contributed by atoms with Crippen molar-refractivity contribution in [3.63, 3.8) is 0 Å². The van der Waals surface area contributed by atoms with E-state index in [0.717, 1.165) is 48.3 Å². The van der Waals surface area contributed by atoms with Crippen LogP contribution in [0.3, 0.4) is 0 Å². The highest BCUT2D eigenvalue weighted by molar-refractivity contribution is 5.94. The number of aryl methyl sites for hydroxylation is 1. The summed E-state index contributed by atoms with van der Waals surface area (Å²) < 4.78 is 25.5. The SMILES string of the molecule is CC(C)Oc1ccc(C(=O)N2CCC3(CCc4cc(F)ccc4O3)CC2)cc1CN. The summed E-state index contributed by atoms with van der Waals surface area (Å²) in [6.45, 7) is 5.52. The van der Waals surface area contributed by atoms with Gasteiger partial charge in [-0.2, -0.15) is 0 Å². The molecule has 5 nitrogen and oxygen atoms in total. The number of nitrogens with zero attached hydrogens (tertiary/aromatic N) is 1. The second-order valence-corrected chi connectivity index (χ2v) is 8.52. The zero-order chi connectivity index (χ0) is 21.3. The van der Waals surface area contributed by atoms with Crippen LogP contribution in [-0.2, 0) is 13.0 Å². The first-order valence-electron chi connectivity index (χ1n) is 10.7. The molecule has 2 aromatic rings. The van der Waals surface area contributed by atoms with Crippen LogP contribution >= 0.6 is 0 Å². The van der Waals surface area contributed by atoms with E-state index in [9.17, 15) is 9.18 Å². The molecule has 1 saturated heterocycles. The van der Waals surface area contributed by atoms with E-state index in [1.807, 2.05) is 36.9 Å². The molecule has 0 saturated carbocycles. The minimum Gasteiger partial charge on any atom is -0.491 e. The molecule has 0 radical (unpaired) electrons. The number of carbonyl (C=O) groups is 1. The van der Waals surface area contributed by atoms with Crippen molar-refractivity contribution in [3.05, 3.63) is 58.9 Å². The molecular weight excluding hydrogens is 383 g/mol. The highest BCUT2D eigenvalue weighted by Crippen LogP contribution is 2.39. The van der Waals surface area contributed by atoms with E-state index < -0.39 is 0 Å². The van der Waals surface area contributed by atoms with E-state index in [-0.39, 0.29) is 23.4 Å². The minimum atomic E-state index is -0.265. The summed E-state index contributed by atoms with van der Waals surface area (Å²) in [6, 6.07) is 10.2. The van der Waals surface area contributed by atoms with Crippen LogP contribution in [0.5, 0.6) is 11.5 Å². The Morgan fingerprint density at radius 2 is 1.97 bits per heavy atom. The predicted molar refractivity (Wildman–Crippen MR) is 113 cm³/mol. The number of nitrogens with two attached hydrogens (primary N) is 1. The standard InChI is InChI=1S/C24H29FN2O3/c1-16(2)29-21-5-3-18(13-19(21)15-26)23(28)27-11-9-24(10-12-27)8-7-17-14-20(25)4-6-22(17)30-24/h3-6,13-14,16H,7-12,15,26H2,1-2H3. The molecule has 1 amide bonds. The van der Waals surface area contributed by atoms with Crippen molar-refractivity contribution >= 4 is 5.91 Å². The van der Waals surface area contributed by atoms with Gasteiger partial charge in [0.1, 0.15) is 22.9 Å². The molecule has 2 aliphatic rings. The topological polar surface area (TPSA) is 64.8 Å². The number of hydrogen-bond acceptors (Lipinski definition) is 4. The lowest BCUT2D eigenvalue weighted by molar-refractivity contribution is -0.0108. The lowest BCUT2D eigenvalue weighted by Gasteiger charge is -2.44. The van der Waals surface area contributed by atoms with Gasteiger partial charge in [-0.3, -0.25) is 4.79 Å². The van der Waals surface area contributed by atoms with Crippen molar-refractivity contribution in [3.8, 4) is 11.5 Å². The monoisotopic (exact) mass is 412 g/mol. The first-order chi connectivity index (χ1) is 14.4. The fourth-order valence-corrected chi connectivity index (χ4v) is 4.38. The maximum Gasteiger partial charge on any atom is 0.253 e. The van der Waals surface area contributed by atoms with Gasteiger partial charge in [0.2, 0.25) is 0 Å². The van der Waals surface area contributed by atoms with Gasteiger partial charge in [-0.05, 0) is 68.7 Å². The minimum absolute atomic E-state index is 0.00827. The van der Waals surface area contributed by atoms with Crippen LogP contribution in [0.25, 0.3) is 0 Å². The largest absolute Gasteiger partial charge is 0.491 e. The molecule has 0 atom stereocenters. The number of piperidine rings is 1. The fraction of sp³-hybridized carbons (Fsp3) is 0.458. The smallest absolute Gasteiger partial charge is 0.253 e. The van der Waals surface area contributed by atoms with Crippen molar-refractivity contribution in [2.24, 2.45) is 5.73 Å². The highest BCUT2D eigenvalue weighted by atomic mass is 19.1. The van der Waals surface area contributed by atoms with E-state index in [4.69, 9.17) is 15.2 Å². The molecule has 160 valence electrons. The third kappa shape index (κ3) is 4.15. The lowest BCUT2D eigenvalue weighted by atomic mass is 9.83. The average molecular weight is 413 g/mol. The van der Waals surface area contributed by atoms with Gasteiger partial charge in [-0.25, -0.2) is 4.39 Å². The summed E-state index contributed by atoms with van der Waals surface area (Å²) in [4.78, 5) is 15.0. The van der Waals surface area contributed by atoms with Gasteiger partial charge in [-0.15, -0.1) is 0 Å². The predicted octanol–water partition coefficient (Wildman–Crippen LogP) is 4.07. The molecule has 0 unspecified atom stereocenters. The van der Waals surface area contributed by atoms with Gasteiger partial charge in [0.25, 0.3) is 5.91 Å². The van der Waals surface area contributed by atoms with Crippen LogP contribution in [0.15, 0.2) is 36.4 Å².